The fourth-order valence-corrected chi connectivity index (χ4v) is 5.16. The van der Waals surface area contributed by atoms with Crippen LogP contribution in [-0.2, 0) is 6.54 Å². The summed E-state index contributed by atoms with van der Waals surface area (Å²) in [5.41, 5.74) is 2.29. The molecule has 2 aromatic carbocycles. The summed E-state index contributed by atoms with van der Waals surface area (Å²) in [5.74, 6) is -0.549. The van der Waals surface area contributed by atoms with Gasteiger partial charge < -0.3 is 10.2 Å². The predicted octanol–water partition coefficient (Wildman–Crippen LogP) is 5.45. The Bertz CT molecular complexity index is 1150. The third-order valence-corrected chi connectivity index (χ3v) is 7.13. The van der Waals surface area contributed by atoms with Crippen LogP contribution in [0.2, 0.25) is 5.02 Å². The van der Waals surface area contributed by atoms with Gasteiger partial charge in [0.25, 0.3) is 11.8 Å². The van der Waals surface area contributed by atoms with Gasteiger partial charge in [0.2, 0.25) is 0 Å². The van der Waals surface area contributed by atoms with Gasteiger partial charge in [0.05, 0.1) is 20.5 Å². The van der Waals surface area contributed by atoms with Crippen LogP contribution in [0.4, 0.5) is 9.39 Å². The second-order valence-electron chi connectivity index (χ2n) is 8.11. The summed E-state index contributed by atoms with van der Waals surface area (Å²) in [6.45, 7) is 5.55. The van der Waals surface area contributed by atoms with Gasteiger partial charge in [0, 0.05) is 32.7 Å². The van der Waals surface area contributed by atoms with Crippen LogP contribution in [0.15, 0.2) is 54.6 Å². The van der Waals surface area contributed by atoms with E-state index in [1.807, 2.05) is 17.9 Å². The number of hydrogen-bond donors (Lipinski definition) is 1. The molecule has 1 aliphatic heterocycles. The lowest BCUT2D eigenvalue weighted by Crippen LogP contribution is -2.35. The number of halogens is 2. The van der Waals surface area contributed by atoms with E-state index in [0.29, 0.717) is 33.6 Å². The number of aryl methyl sites for hydroxylation is 1. The first kappa shape index (κ1) is 23.4. The molecule has 2 heterocycles. The second-order valence-corrected chi connectivity index (χ2v) is 9.56. The quantitative estimate of drug-likeness (QED) is 0.523. The van der Waals surface area contributed by atoms with E-state index in [9.17, 15) is 14.0 Å². The molecule has 0 saturated carbocycles. The van der Waals surface area contributed by atoms with Gasteiger partial charge in [-0.1, -0.05) is 35.9 Å². The van der Waals surface area contributed by atoms with Gasteiger partial charge in [-0.25, -0.2) is 4.39 Å². The fourth-order valence-electron chi connectivity index (χ4n) is 3.90. The Morgan fingerprint density at radius 2 is 1.82 bits per heavy atom. The summed E-state index contributed by atoms with van der Waals surface area (Å²) in [6, 6.07) is 15.2. The lowest BCUT2D eigenvalue weighted by Gasteiger charge is -2.22. The minimum absolute atomic E-state index is 0.0145. The molecule has 2 amide bonds. The number of rotatable bonds is 5. The number of carbonyl (C=O) groups excluding carboxylic acids is 2. The Labute approximate surface area is 201 Å². The van der Waals surface area contributed by atoms with Gasteiger partial charge in [-0.3, -0.25) is 14.5 Å². The number of carbonyl (C=O) groups is 2. The molecule has 3 aromatic rings. The summed E-state index contributed by atoms with van der Waals surface area (Å²) < 4.78 is 13.2. The van der Waals surface area contributed by atoms with E-state index in [1.165, 1.54) is 23.5 Å². The van der Waals surface area contributed by atoms with Crippen molar-refractivity contribution in [2.75, 3.05) is 31.5 Å². The standard InChI is InChI=1S/C25H25ClFN3O2S/c1-17-15-22(28-24(31)20-5-2-3-6-21(20)26)33-23(17)25(32)30-12-4-11-29(13-14-30)16-18-7-9-19(27)10-8-18/h2-3,5-10,15H,4,11-14,16H2,1H3,(H,28,31). The van der Waals surface area contributed by atoms with Gasteiger partial charge in [-0.05, 0) is 54.8 Å². The number of nitrogens with one attached hydrogen (secondary N) is 1. The Hall–Kier alpha value is -2.74. The van der Waals surface area contributed by atoms with E-state index in [2.05, 4.69) is 10.2 Å². The first-order chi connectivity index (χ1) is 15.9. The smallest absolute Gasteiger partial charge is 0.264 e. The maximum atomic E-state index is 13.2. The van der Waals surface area contributed by atoms with Crippen molar-refractivity contribution in [3.05, 3.63) is 87.0 Å². The normalized spacial score (nSPS) is 14.7. The summed E-state index contributed by atoms with van der Waals surface area (Å²) in [4.78, 5) is 30.6. The van der Waals surface area contributed by atoms with Crippen LogP contribution < -0.4 is 5.32 Å². The molecule has 1 saturated heterocycles. The zero-order valence-corrected chi connectivity index (χ0v) is 19.9. The molecule has 0 bridgehead atoms. The zero-order valence-electron chi connectivity index (χ0n) is 18.3. The SMILES string of the molecule is Cc1cc(NC(=O)c2ccccc2Cl)sc1C(=O)N1CCCN(Cc2ccc(F)cc2)CC1. The van der Waals surface area contributed by atoms with Crippen LogP contribution >= 0.6 is 22.9 Å². The summed E-state index contributed by atoms with van der Waals surface area (Å²) in [6.07, 6.45) is 0.869. The molecular weight excluding hydrogens is 461 g/mol. The first-order valence-corrected chi connectivity index (χ1v) is 12.0. The van der Waals surface area contributed by atoms with Crippen LogP contribution in [0.1, 0.15) is 37.6 Å². The van der Waals surface area contributed by atoms with E-state index in [0.717, 1.165) is 37.2 Å². The Balaban J connectivity index is 1.39. The van der Waals surface area contributed by atoms with E-state index in [4.69, 9.17) is 11.6 Å². The number of nitrogens with zero attached hydrogens (tertiary/aromatic N) is 2. The van der Waals surface area contributed by atoms with Crippen molar-refractivity contribution in [2.24, 2.45) is 0 Å². The summed E-state index contributed by atoms with van der Waals surface area (Å²) in [7, 11) is 0. The minimum atomic E-state index is -0.299. The lowest BCUT2D eigenvalue weighted by atomic mass is 10.2. The molecule has 0 atom stereocenters. The number of thiophene rings is 1. The van der Waals surface area contributed by atoms with Crippen LogP contribution in [-0.4, -0.2) is 47.8 Å². The number of hydrogen-bond acceptors (Lipinski definition) is 4. The molecule has 0 spiro atoms. The molecule has 0 aliphatic carbocycles. The van der Waals surface area contributed by atoms with Gasteiger partial charge in [0.1, 0.15) is 5.82 Å². The topological polar surface area (TPSA) is 52.7 Å². The Morgan fingerprint density at radius 3 is 2.58 bits per heavy atom. The summed E-state index contributed by atoms with van der Waals surface area (Å²) >= 11 is 7.41. The van der Waals surface area contributed by atoms with Crippen molar-refractivity contribution in [1.29, 1.82) is 0 Å². The predicted molar refractivity (Wildman–Crippen MR) is 131 cm³/mol. The third kappa shape index (κ3) is 5.79. The van der Waals surface area contributed by atoms with Gasteiger partial charge in [-0.2, -0.15) is 0 Å². The Morgan fingerprint density at radius 1 is 1.06 bits per heavy atom. The highest BCUT2D eigenvalue weighted by Crippen LogP contribution is 2.29. The van der Waals surface area contributed by atoms with Gasteiger partial charge in [-0.15, -0.1) is 11.3 Å². The largest absolute Gasteiger partial charge is 0.337 e. The van der Waals surface area contributed by atoms with Crippen LogP contribution in [0.3, 0.4) is 0 Å². The fraction of sp³-hybridized carbons (Fsp3) is 0.280. The maximum Gasteiger partial charge on any atom is 0.264 e. The number of benzene rings is 2. The molecule has 1 N–H and O–H groups in total. The average molecular weight is 486 g/mol. The van der Waals surface area contributed by atoms with E-state index < -0.39 is 0 Å². The van der Waals surface area contributed by atoms with Crippen molar-refractivity contribution in [3.8, 4) is 0 Å². The van der Waals surface area contributed by atoms with Crippen LogP contribution in [0.5, 0.6) is 0 Å². The number of anilines is 1. The zero-order chi connectivity index (χ0) is 23.4. The minimum Gasteiger partial charge on any atom is -0.337 e. The molecule has 1 fully saturated rings. The molecule has 5 nitrogen and oxygen atoms in total. The molecule has 33 heavy (non-hydrogen) atoms. The third-order valence-electron chi connectivity index (χ3n) is 5.66. The Kier molecular flexibility index (Phi) is 7.42. The van der Waals surface area contributed by atoms with Gasteiger partial charge >= 0.3 is 0 Å². The molecule has 1 aromatic heterocycles. The van der Waals surface area contributed by atoms with Crippen molar-refractivity contribution >= 4 is 39.8 Å². The molecule has 1 aliphatic rings. The summed E-state index contributed by atoms with van der Waals surface area (Å²) in [5, 5.41) is 3.86. The molecule has 8 heteroatoms. The van der Waals surface area contributed by atoms with Crippen LogP contribution in [0, 0.1) is 12.7 Å². The van der Waals surface area contributed by atoms with Crippen molar-refractivity contribution in [2.45, 2.75) is 19.9 Å². The van der Waals surface area contributed by atoms with E-state index >= 15 is 0 Å². The molecule has 4 rings (SSSR count). The molecule has 0 unspecified atom stereocenters. The molecule has 172 valence electrons. The van der Waals surface area contributed by atoms with Crippen LogP contribution in [0.25, 0.3) is 0 Å². The number of amides is 2. The van der Waals surface area contributed by atoms with E-state index in [1.54, 1.807) is 36.4 Å². The highest BCUT2D eigenvalue weighted by atomic mass is 35.5. The highest BCUT2D eigenvalue weighted by molar-refractivity contribution is 7.18. The van der Waals surface area contributed by atoms with Crippen molar-refractivity contribution < 1.29 is 14.0 Å². The van der Waals surface area contributed by atoms with Crippen molar-refractivity contribution in [1.82, 2.24) is 9.80 Å². The lowest BCUT2D eigenvalue weighted by molar-refractivity contribution is 0.0765. The highest BCUT2D eigenvalue weighted by Gasteiger charge is 2.24. The molecular formula is C25H25ClFN3O2S. The first-order valence-electron chi connectivity index (χ1n) is 10.8. The average Bonchev–Trinajstić information content (AvgIpc) is 3.00. The monoisotopic (exact) mass is 485 g/mol. The second kappa shape index (κ2) is 10.5. The maximum absolute atomic E-state index is 13.2. The van der Waals surface area contributed by atoms with E-state index in [-0.39, 0.29) is 17.6 Å². The van der Waals surface area contributed by atoms with Gasteiger partial charge in [0.15, 0.2) is 0 Å². The molecule has 0 radical (unpaired) electrons. The van der Waals surface area contributed by atoms with Crippen molar-refractivity contribution in [3.63, 3.8) is 0 Å².